The van der Waals surface area contributed by atoms with E-state index in [-0.39, 0.29) is 22.9 Å². The molecule has 0 radical (unpaired) electrons. The number of anilines is 2. The highest BCUT2D eigenvalue weighted by molar-refractivity contribution is 5.83. The first-order valence-corrected chi connectivity index (χ1v) is 10.3. The van der Waals surface area contributed by atoms with Crippen LogP contribution in [0.1, 0.15) is 11.1 Å². The molecule has 180 valence electrons. The molecule has 0 atom stereocenters. The number of halogens is 6. The van der Waals surface area contributed by atoms with E-state index >= 15 is 0 Å². The van der Waals surface area contributed by atoms with Crippen LogP contribution in [-0.2, 0) is 12.4 Å². The van der Waals surface area contributed by atoms with E-state index in [4.69, 9.17) is 16.2 Å². The summed E-state index contributed by atoms with van der Waals surface area (Å²) in [5, 5.41) is 0. The lowest BCUT2D eigenvalue weighted by molar-refractivity contribution is -0.138. The van der Waals surface area contributed by atoms with Crippen LogP contribution in [0.5, 0.6) is 11.5 Å². The molecule has 4 aromatic carbocycles. The summed E-state index contributed by atoms with van der Waals surface area (Å²) in [6.45, 7) is 0. The highest BCUT2D eigenvalue weighted by Gasteiger charge is 2.31. The second-order valence-corrected chi connectivity index (χ2v) is 7.69. The molecule has 0 aliphatic rings. The van der Waals surface area contributed by atoms with Gasteiger partial charge in [-0.2, -0.15) is 26.3 Å². The Morgan fingerprint density at radius 3 is 1.14 bits per heavy atom. The van der Waals surface area contributed by atoms with Crippen LogP contribution in [0.3, 0.4) is 0 Å². The molecule has 0 amide bonds. The van der Waals surface area contributed by atoms with Gasteiger partial charge in [0, 0.05) is 11.1 Å². The average Bonchev–Trinajstić information content (AvgIpc) is 2.81. The summed E-state index contributed by atoms with van der Waals surface area (Å²) < 4.78 is 83.1. The van der Waals surface area contributed by atoms with Gasteiger partial charge in [-0.05, 0) is 47.5 Å². The smallest absolute Gasteiger partial charge is 0.416 e. The van der Waals surface area contributed by atoms with Crippen molar-refractivity contribution in [3.8, 4) is 33.8 Å². The van der Waals surface area contributed by atoms with Crippen LogP contribution in [0.15, 0.2) is 84.9 Å². The lowest BCUT2D eigenvalue weighted by Gasteiger charge is -2.16. The Bertz CT molecular complexity index is 1240. The molecule has 0 aromatic heterocycles. The van der Waals surface area contributed by atoms with Crippen molar-refractivity contribution in [2.24, 2.45) is 0 Å². The van der Waals surface area contributed by atoms with Crippen molar-refractivity contribution in [1.82, 2.24) is 0 Å². The largest absolute Gasteiger partial charge is 0.453 e. The van der Waals surface area contributed by atoms with E-state index in [1.165, 1.54) is 24.3 Å². The molecule has 4 aromatic rings. The highest BCUT2D eigenvalue weighted by Crippen LogP contribution is 2.41. The molecule has 4 rings (SSSR count). The Morgan fingerprint density at radius 2 is 0.829 bits per heavy atom. The Hall–Kier alpha value is -4.14. The number of benzene rings is 4. The van der Waals surface area contributed by atoms with Gasteiger partial charge in [0.1, 0.15) is 0 Å². The predicted octanol–water partition coefficient (Wildman–Crippen LogP) is 8.01. The molecule has 0 heterocycles. The van der Waals surface area contributed by atoms with Crippen molar-refractivity contribution in [1.29, 1.82) is 0 Å². The van der Waals surface area contributed by atoms with Crippen LogP contribution in [0, 0.1) is 0 Å². The van der Waals surface area contributed by atoms with Gasteiger partial charge >= 0.3 is 12.4 Å². The molecular weight excluding hydrogens is 470 g/mol. The van der Waals surface area contributed by atoms with Crippen molar-refractivity contribution >= 4 is 11.4 Å². The minimum Gasteiger partial charge on any atom is -0.453 e. The van der Waals surface area contributed by atoms with Gasteiger partial charge in [0.25, 0.3) is 0 Å². The number of hydrogen-bond acceptors (Lipinski definition) is 3. The molecular formula is C26H18F6N2O. The van der Waals surface area contributed by atoms with Gasteiger partial charge in [0.2, 0.25) is 0 Å². The Balaban J connectivity index is 1.64. The van der Waals surface area contributed by atoms with Crippen LogP contribution in [0.4, 0.5) is 37.7 Å². The molecule has 0 aliphatic heterocycles. The van der Waals surface area contributed by atoms with Gasteiger partial charge in [-0.15, -0.1) is 0 Å². The number of nitrogen functional groups attached to an aromatic ring is 2. The fraction of sp³-hybridized carbons (Fsp3) is 0.0769. The minimum absolute atomic E-state index is 0.187. The Morgan fingerprint density at radius 1 is 0.486 bits per heavy atom. The molecule has 35 heavy (non-hydrogen) atoms. The van der Waals surface area contributed by atoms with Crippen molar-refractivity contribution in [3.63, 3.8) is 0 Å². The molecule has 0 fully saturated rings. The predicted molar refractivity (Wildman–Crippen MR) is 123 cm³/mol. The van der Waals surface area contributed by atoms with E-state index in [1.54, 1.807) is 36.4 Å². The second kappa shape index (κ2) is 8.90. The zero-order chi connectivity index (χ0) is 25.4. The average molecular weight is 488 g/mol. The molecule has 0 unspecified atom stereocenters. The van der Waals surface area contributed by atoms with E-state index in [9.17, 15) is 26.3 Å². The second-order valence-electron chi connectivity index (χ2n) is 7.69. The first kappa shape index (κ1) is 24.0. The Kier molecular flexibility index (Phi) is 6.10. The zero-order valence-electron chi connectivity index (χ0n) is 17.9. The minimum atomic E-state index is -4.45. The van der Waals surface area contributed by atoms with Crippen LogP contribution in [0.25, 0.3) is 22.3 Å². The number of rotatable bonds is 4. The van der Waals surface area contributed by atoms with Crippen molar-refractivity contribution in [2.45, 2.75) is 12.4 Å². The lowest BCUT2D eigenvalue weighted by Crippen LogP contribution is -2.04. The molecule has 3 nitrogen and oxygen atoms in total. The van der Waals surface area contributed by atoms with Crippen LogP contribution in [0.2, 0.25) is 0 Å². The Labute approximate surface area is 196 Å². The van der Waals surface area contributed by atoms with E-state index in [2.05, 4.69) is 0 Å². The lowest BCUT2D eigenvalue weighted by atomic mass is 10.0. The van der Waals surface area contributed by atoms with Gasteiger partial charge in [-0.1, -0.05) is 48.5 Å². The molecule has 0 spiro atoms. The van der Waals surface area contributed by atoms with Crippen LogP contribution < -0.4 is 16.2 Å². The van der Waals surface area contributed by atoms with Gasteiger partial charge in [0.15, 0.2) is 11.5 Å². The monoisotopic (exact) mass is 488 g/mol. The summed E-state index contributed by atoms with van der Waals surface area (Å²) in [6, 6.07) is 18.8. The summed E-state index contributed by atoms with van der Waals surface area (Å²) in [6.07, 6.45) is -8.91. The quantitative estimate of drug-likeness (QED) is 0.226. The molecule has 0 saturated heterocycles. The van der Waals surface area contributed by atoms with Gasteiger partial charge in [0.05, 0.1) is 22.5 Å². The number of para-hydroxylation sites is 2. The molecule has 0 bridgehead atoms. The number of hydrogen-bond donors (Lipinski definition) is 2. The number of alkyl halides is 6. The van der Waals surface area contributed by atoms with Crippen molar-refractivity contribution < 1.29 is 31.1 Å². The zero-order valence-corrected chi connectivity index (χ0v) is 17.9. The first-order valence-electron chi connectivity index (χ1n) is 10.3. The third-order valence-corrected chi connectivity index (χ3v) is 5.40. The molecule has 4 N–H and O–H groups in total. The maximum Gasteiger partial charge on any atom is 0.416 e. The van der Waals surface area contributed by atoms with Crippen LogP contribution in [-0.4, -0.2) is 0 Å². The highest BCUT2D eigenvalue weighted by atomic mass is 19.4. The van der Waals surface area contributed by atoms with E-state index in [1.807, 2.05) is 0 Å². The molecule has 9 heteroatoms. The summed E-state index contributed by atoms with van der Waals surface area (Å²) in [4.78, 5) is 0. The van der Waals surface area contributed by atoms with Crippen molar-refractivity contribution in [3.05, 3.63) is 96.1 Å². The number of nitrogens with two attached hydrogens (primary N) is 2. The third kappa shape index (κ3) is 5.03. The van der Waals surface area contributed by atoms with E-state index in [0.29, 0.717) is 22.3 Å². The third-order valence-electron chi connectivity index (χ3n) is 5.40. The van der Waals surface area contributed by atoms with Gasteiger partial charge in [-0.3, -0.25) is 0 Å². The SMILES string of the molecule is Nc1c(Oc2cccc(-c3ccc(C(F)(F)F)cc3)c2N)cccc1-c1ccc(C(F)(F)F)cc1. The molecule has 0 aliphatic carbocycles. The fourth-order valence-corrected chi connectivity index (χ4v) is 3.57. The number of ether oxygens (including phenoxy) is 1. The van der Waals surface area contributed by atoms with Gasteiger partial charge in [-0.25, -0.2) is 0 Å². The fourth-order valence-electron chi connectivity index (χ4n) is 3.57. The van der Waals surface area contributed by atoms with Crippen molar-refractivity contribution in [2.75, 3.05) is 11.5 Å². The van der Waals surface area contributed by atoms with E-state index in [0.717, 1.165) is 24.3 Å². The summed E-state index contributed by atoms with van der Waals surface area (Å²) in [5.74, 6) is 0.442. The summed E-state index contributed by atoms with van der Waals surface area (Å²) in [5.41, 5.74) is 13.2. The standard InChI is InChI=1S/C26H18F6N2O/c27-25(28,29)17-11-7-15(8-12-17)19-3-1-5-21(23(19)33)35-22-6-2-4-20(24(22)34)16-9-13-18(14-10-16)26(30,31)32/h1-14H,33-34H2. The molecule has 0 saturated carbocycles. The maximum atomic E-state index is 12.9. The topological polar surface area (TPSA) is 61.3 Å². The first-order chi connectivity index (χ1) is 16.4. The van der Waals surface area contributed by atoms with Gasteiger partial charge < -0.3 is 16.2 Å². The van der Waals surface area contributed by atoms with E-state index < -0.39 is 23.5 Å². The maximum absolute atomic E-state index is 12.9. The summed E-state index contributed by atoms with van der Waals surface area (Å²) in [7, 11) is 0. The summed E-state index contributed by atoms with van der Waals surface area (Å²) >= 11 is 0. The van der Waals surface area contributed by atoms with Crippen LogP contribution >= 0.6 is 0 Å². The normalized spacial score (nSPS) is 11.9.